The first-order chi connectivity index (χ1) is 12.7. The number of carbonyl (C=O) groups is 2. The molecule has 0 aliphatic carbocycles. The molecule has 0 radical (unpaired) electrons. The zero-order valence-corrected chi connectivity index (χ0v) is 15.5. The summed E-state index contributed by atoms with van der Waals surface area (Å²) in [5.41, 5.74) is 1.67. The van der Waals surface area contributed by atoms with Gasteiger partial charge in [-0.05, 0) is 32.3 Å². The van der Waals surface area contributed by atoms with E-state index in [1.807, 2.05) is 36.1 Å². The number of ether oxygens (including phenoxy) is 2. The highest BCUT2D eigenvalue weighted by atomic mass is 16.5. The van der Waals surface area contributed by atoms with E-state index < -0.39 is 0 Å². The lowest BCUT2D eigenvalue weighted by Crippen LogP contribution is -2.35. The molecule has 1 fully saturated rings. The first kappa shape index (κ1) is 18.5. The number of likely N-dealkylation sites (tertiary alicyclic amines) is 1. The molecule has 0 aromatic heterocycles. The fraction of sp³-hybridized carbons (Fsp3) is 0.500. The second kappa shape index (κ2) is 8.36. The zero-order chi connectivity index (χ0) is 18.5. The second-order valence-corrected chi connectivity index (χ2v) is 6.43. The summed E-state index contributed by atoms with van der Waals surface area (Å²) < 4.78 is 10.8. The van der Waals surface area contributed by atoms with Gasteiger partial charge in [0.15, 0.2) is 0 Å². The third kappa shape index (κ3) is 3.46. The van der Waals surface area contributed by atoms with Crippen LogP contribution >= 0.6 is 0 Å². The third-order valence-electron chi connectivity index (χ3n) is 4.82. The van der Waals surface area contributed by atoms with Gasteiger partial charge in [0, 0.05) is 38.4 Å². The third-order valence-corrected chi connectivity index (χ3v) is 4.82. The minimum Gasteiger partial charge on any atom is -0.496 e. The maximum Gasteiger partial charge on any atom is 0.277 e. The van der Waals surface area contributed by atoms with Crippen LogP contribution in [0, 0.1) is 0 Å². The highest BCUT2D eigenvalue weighted by molar-refractivity contribution is 6.36. The van der Waals surface area contributed by atoms with Gasteiger partial charge in [0.05, 0.1) is 12.7 Å². The molecule has 2 aliphatic rings. The topological polar surface area (TPSA) is 59.1 Å². The number of para-hydroxylation sites is 1. The van der Waals surface area contributed by atoms with Crippen LogP contribution in [-0.2, 0) is 14.3 Å². The van der Waals surface area contributed by atoms with Crippen LogP contribution in [0.1, 0.15) is 31.7 Å². The Morgan fingerprint density at radius 1 is 1.08 bits per heavy atom. The maximum atomic E-state index is 13.1. The Hall–Kier alpha value is -2.34. The molecule has 0 saturated carbocycles. The van der Waals surface area contributed by atoms with Gasteiger partial charge in [0.25, 0.3) is 11.8 Å². The summed E-state index contributed by atoms with van der Waals surface area (Å²) in [7, 11) is 1.58. The molecule has 26 heavy (non-hydrogen) atoms. The number of rotatable bonds is 8. The minimum absolute atomic E-state index is 0.200. The van der Waals surface area contributed by atoms with Crippen molar-refractivity contribution in [3.05, 3.63) is 35.5 Å². The molecule has 0 N–H and O–H groups in total. The molecule has 6 heteroatoms. The van der Waals surface area contributed by atoms with Gasteiger partial charge in [-0.1, -0.05) is 18.2 Å². The number of methoxy groups -OCH3 is 1. The number of carbonyl (C=O) groups excluding carboxylic acids is 2. The molecule has 2 amide bonds. The molecule has 2 aliphatic heterocycles. The molecule has 2 heterocycles. The second-order valence-electron chi connectivity index (χ2n) is 6.43. The van der Waals surface area contributed by atoms with E-state index >= 15 is 0 Å². The minimum atomic E-state index is -0.238. The molecular weight excluding hydrogens is 332 g/mol. The van der Waals surface area contributed by atoms with E-state index in [1.165, 1.54) is 4.90 Å². The van der Waals surface area contributed by atoms with Crippen molar-refractivity contribution >= 4 is 17.4 Å². The monoisotopic (exact) mass is 358 g/mol. The van der Waals surface area contributed by atoms with E-state index in [0.717, 1.165) is 25.9 Å². The van der Waals surface area contributed by atoms with E-state index in [0.29, 0.717) is 48.8 Å². The van der Waals surface area contributed by atoms with Gasteiger partial charge in [-0.2, -0.15) is 0 Å². The number of nitrogens with zero attached hydrogens (tertiary/aromatic N) is 2. The summed E-state index contributed by atoms with van der Waals surface area (Å²) in [5, 5.41) is 0. The molecule has 140 valence electrons. The van der Waals surface area contributed by atoms with Crippen LogP contribution in [0.25, 0.3) is 5.57 Å². The van der Waals surface area contributed by atoms with Crippen LogP contribution in [0.2, 0.25) is 0 Å². The number of imide groups is 1. The lowest BCUT2D eigenvalue weighted by Gasteiger charge is -2.20. The fourth-order valence-electron chi connectivity index (χ4n) is 3.56. The average molecular weight is 358 g/mol. The number of benzene rings is 1. The van der Waals surface area contributed by atoms with Gasteiger partial charge in [0.2, 0.25) is 0 Å². The fourth-order valence-corrected chi connectivity index (χ4v) is 3.56. The van der Waals surface area contributed by atoms with E-state index in [2.05, 4.69) is 0 Å². The van der Waals surface area contributed by atoms with Gasteiger partial charge in [-0.15, -0.1) is 0 Å². The van der Waals surface area contributed by atoms with Crippen molar-refractivity contribution in [1.82, 2.24) is 9.80 Å². The number of hydrogen-bond acceptors (Lipinski definition) is 5. The average Bonchev–Trinajstić information content (AvgIpc) is 3.26. The largest absolute Gasteiger partial charge is 0.496 e. The number of amides is 2. The Morgan fingerprint density at radius 3 is 2.50 bits per heavy atom. The van der Waals surface area contributed by atoms with Crippen LogP contribution in [0.5, 0.6) is 5.75 Å². The van der Waals surface area contributed by atoms with Crippen molar-refractivity contribution in [1.29, 1.82) is 0 Å². The quantitative estimate of drug-likeness (QED) is 0.527. The Bertz CT molecular complexity index is 708. The van der Waals surface area contributed by atoms with Gasteiger partial charge in [0.1, 0.15) is 11.4 Å². The Kier molecular flexibility index (Phi) is 5.93. The van der Waals surface area contributed by atoms with Crippen LogP contribution in [0.3, 0.4) is 0 Å². The number of hydrogen-bond donors (Lipinski definition) is 0. The predicted octanol–water partition coefficient (Wildman–Crippen LogP) is 2.30. The molecule has 0 bridgehead atoms. The van der Waals surface area contributed by atoms with Crippen molar-refractivity contribution < 1.29 is 19.1 Å². The molecule has 0 spiro atoms. The summed E-state index contributed by atoms with van der Waals surface area (Å²) in [5.74, 6) is 0.170. The van der Waals surface area contributed by atoms with Gasteiger partial charge in [-0.3, -0.25) is 14.5 Å². The van der Waals surface area contributed by atoms with Crippen LogP contribution in [-0.4, -0.2) is 61.6 Å². The van der Waals surface area contributed by atoms with Crippen LogP contribution in [0.15, 0.2) is 30.0 Å². The summed E-state index contributed by atoms with van der Waals surface area (Å²) in [6.45, 7) is 5.08. The lowest BCUT2D eigenvalue weighted by atomic mass is 10.0. The van der Waals surface area contributed by atoms with Gasteiger partial charge >= 0.3 is 0 Å². The standard InChI is InChI=1S/C20H26N2O4/c1-3-26-14-8-13-22-19(23)17(15-9-4-5-10-16(15)25-2)18(20(22)24)21-11-6-7-12-21/h4-5,9-10H,3,6-8,11-14H2,1-2H3. The Morgan fingerprint density at radius 2 is 1.81 bits per heavy atom. The molecule has 0 atom stereocenters. The van der Waals surface area contributed by atoms with E-state index in [4.69, 9.17) is 9.47 Å². The predicted molar refractivity (Wildman–Crippen MR) is 98.6 cm³/mol. The van der Waals surface area contributed by atoms with Crippen molar-refractivity contribution in [3.8, 4) is 5.75 Å². The molecule has 0 unspecified atom stereocenters. The summed E-state index contributed by atoms with van der Waals surface area (Å²) in [4.78, 5) is 29.6. The smallest absolute Gasteiger partial charge is 0.277 e. The lowest BCUT2D eigenvalue weighted by molar-refractivity contribution is -0.137. The first-order valence-electron chi connectivity index (χ1n) is 9.25. The molecule has 1 aromatic carbocycles. The Labute approximate surface area is 154 Å². The summed E-state index contributed by atoms with van der Waals surface area (Å²) >= 11 is 0. The Balaban J connectivity index is 1.95. The van der Waals surface area contributed by atoms with Crippen molar-refractivity contribution in [3.63, 3.8) is 0 Å². The van der Waals surface area contributed by atoms with Crippen molar-refractivity contribution in [2.24, 2.45) is 0 Å². The van der Waals surface area contributed by atoms with Gasteiger partial charge < -0.3 is 14.4 Å². The normalized spacial score (nSPS) is 17.6. The molecule has 1 aromatic rings. The maximum absolute atomic E-state index is 13.1. The van der Waals surface area contributed by atoms with Crippen molar-refractivity contribution in [2.45, 2.75) is 26.2 Å². The molecule has 1 saturated heterocycles. The molecule has 6 nitrogen and oxygen atoms in total. The highest BCUT2D eigenvalue weighted by Gasteiger charge is 2.42. The SMILES string of the molecule is CCOCCCN1C(=O)C(c2ccccc2OC)=C(N2CCCC2)C1=O. The van der Waals surface area contributed by atoms with Crippen LogP contribution in [0.4, 0.5) is 0 Å². The van der Waals surface area contributed by atoms with E-state index in [-0.39, 0.29) is 11.8 Å². The first-order valence-corrected chi connectivity index (χ1v) is 9.25. The van der Waals surface area contributed by atoms with Gasteiger partial charge in [-0.25, -0.2) is 0 Å². The highest BCUT2D eigenvalue weighted by Crippen LogP contribution is 2.37. The summed E-state index contributed by atoms with van der Waals surface area (Å²) in [6, 6.07) is 7.39. The van der Waals surface area contributed by atoms with Crippen LogP contribution < -0.4 is 4.74 Å². The molecular formula is C20H26N2O4. The zero-order valence-electron chi connectivity index (χ0n) is 15.5. The van der Waals surface area contributed by atoms with E-state index in [1.54, 1.807) is 7.11 Å². The van der Waals surface area contributed by atoms with E-state index in [9.17, 15) is 9.59 Å². The summed E-state index contributed by atoms with van der Waals surface area (Å²) in [6.07, 6.45) is 2.71. The van der Waals surface area contributed by atoms with Crippen molar-refractivity contribution in [2.75, 3.05) is 40.0 Å². The molecule has 3 rings (SSSR count).